The van der Waals surface area contributed by atoms with E-state index in [0.717, 1.165) is 19.3 Å². The molecule has 0 saturated carbocycles. The lowest BCUT2D eigenvalue weighted by atomic mass is 10.2. The lowest BCUT2D eigenvalue weighted by Crippen LogP contribution is -2.32. The number of rotatable bonds is 6. The number of ether oxygens (including phenoxy) is 2. The summed E-state index contributed by atoms with van der Waals surface area (Å²) < 4.78 is 10.2. The molecule has 0 aliphatic carbocycles. The maximum absolute atomic E-state index is 12.0. The van der Waals surface area contributed by atoms with Crippen molar-refractivity contribution in [3.8, 4) is 5.75 Å². The van der Waals surface area contributed by atoms with Gasteiger partial charge in [-0.2, -0.15) is 0 Å². The number of methoxy groups -OCH3 is 2. The van der Waals surface area contributed by atoms with Crippen molar-refractivity contribution < 1.29 is 14.3 Å². The zero-order chi connectivity index (χ0) is 14.8. The van der Waals surface area contributed by atoms with Crippen LogP contribution < -0.4 is 10.1 Å². The standard InChI is InChI=1S/C15H22N2O3/c1-4-5-6-10-16-15(20-3)17-14(18)12-8-7-9-13(11-12)19-2/h7-9,11H,4-6,10H2,1-3H3,(H,16,17,18). The molecule has 0 fully saturated rings. The number of carbonyl (C=O) groups is 1. The second kappa shape index (κ2) is 8.96. The Labute approximate surface area is 120 Å². The zero-order valence-corrected chi connectivity index (χ0v) is 12.3. The monoisotopic (exact) mass is 278 g/mol. The summed E-state index contributed by atoms with van der Waals surface area (Å²) in [6, 6.07) is 7.17. The Kier molecular flexibility index (Phi) is 7.17. The molecule has 1 aromatic carbocycles. The largest absolute Gasteiger partial charge is 0.497 e. The number of hydrogen-bond acceptors (Lipinski definition) is 4. The predicted octanol–water partition coefficient (Wildman–Crippen LogP) is 2.62. The van der Waals surface area contributed by atoms with Crippen LogP contribution in [0, 0.1) is 0 Å². The summed E-state index contributed by atoms with van der Waals surface area (Å²) in [7, 11) is 3.05. The van der Waals surface area contributed by atoms with Crippen LogP contribution in [0.1, 0.15) is 36.5 Å². The first kappa shape index (κ1) is 16.0. The van der Waals surface area contributed by atoms with E-state index in [4.69, 9.17) is 9.47 Å². The third-order valence-corrected chi connectivity index (χ3v) is 2.76. The van der Waals surface area contributed by atoms with Crippen LogP contribution >= 0.6 is 0 Å². The van der Waals surface area contributed by atoms with E-state index in [-0.39, 0.29) is 11.9 Å². The Morgan fingerprint density at radius 3 is 2.75 bits per heavy atom. The number of carbonyl (C=O) groups excluding carboxylic acids is 1. The highest BCUT2D eigenvalue weighted by Gasteiger charge is 2.09. The molecule has 0 atom stereocenters. The van der Waals surface area contributed by atoms with E-state index in [9.17, 15) is 4.79 Å². The lowest BCUT2D eigenvalue weighted by molar-refractivity contribution is 0.0968. The van der Waals surface area contributed by atoms with E-state index in [2.05, 4.69) is 17.2 Å². The SMILES string of the molecule is CCCCCN=C(NC(=O)c1cccc(OC)c1)OC. The van der Waals surface area contributed by atoms with Gasteiger partial charge in [0.2, 0.25) is 0 Å². The maximum Gasteiger partial charge on any atom is 0.291 e. The highest BCUT2D eigenvalue weighted by atomic mass is 16.5. The van der Waals surface area contributed by atoms with Gasteiger partial charge in [-0.1, -0.05) is 25.8 Å². The Balaban J connectivity index is 2.61. The molecule has 1 rings (SSSR count). The van der Waals surface area contributed by atoms with Crippen molar-refractivity contribution in [3.05, 3.63) is 29.8 Å². The van der Waals surface area contributed by atoms with Gasteiger partial charge in [-0.25, -0.2) is 4.99 Å². The molecule has 0 aliphatic rings. The molecule has 1 amide bonds. The Bertz CT molecular complexity index is 458. The van der Waals surface area contributed by atoms with Crippen LogP contribution in [-0.4, -0.2) is 32.7 Å². The predicted molar refractivity (Wildman–Crippen MR) is 79.3 cm³/mol. The van der Waals surface area contributed by atoms with E-state index < -0.39 is 0 Å². The van der Waals surface area contributed by atoms with Gasteiger partial charge in [-0.3, -0.25) is 10.1 Å². The van der Waals surface area contributed by atoms with Crippen LogP contribution in [0.4, 0.5) is 0 Å². The third-order valence-electron chi connectivity index (χ3n) is 2.76. The second-order valence-corrected chi connectivity index (χ2v) is 4.28. The molecule has 0 spiro atoms. The minimum Gasteiger partial charge on any atom is -0.497 e. The fourth-order valence-corrected chi connectivity index (χ4v) is 1.63. The van der Waals surface area contributed by atoms with Gasteiger partial charge in [0.1, 0.15) is 5.75 Å². The molecule has 1 aromatic rings. The smallest absolute Gasteiger partial charge is 0.291 e. The van der Waals surface area contributed by atoms with Gasteiger partial charge in [0.05, 0.1) is 14.2 Å². The normalized spacial score (nSPS) is 11.1. The van der Waals surface area contributed by atoms with Gasteiger partial charge in [0, 0.05) is 12.1 Å². The summed E-state index contributed by atoms with van der Waals surface area (Å²) in [5.74, 6) is 0.372. The van der Waals surface area contributed by atoms with E-state index in [1.54, 1.807) is 31.4 Å². The van der Waals surface area contributed by atoms with Crippen molar-refractivity contribution in [3.63, 3.8) is 0 Å². The summed E-state index contributed by atoms with van der Waals surface area (Å²) in [6.07, 6.45) is 3.23. The second-order valence-electron chi connectivity index (χ2n) is 4.28. The molecule has 5 nitrogen and oxygen atoms in total. The number of aliphatic imine (C=N–C) groups is 1. The molecule has 5 heteroatoms. The molecule has 0 aromatic heterocycles. The van der Waals surface area contributed by atoms with Crippen molar-refractivity contribution in [2.75, 3.05) is 20.8 Å². The highest BCUT2D eigenvalue weighted by Crippen LogP contribution is 2.12. The number of hydrogen-bond donors (Lipinski definition) is 1. The van der Waals surface area contributed by atoms with Gasteiger partial charge >= 0.3 is 0 Å². The van der Waals surface area contributed by atoms with Gasteiger partial charge in [0.25, 0.3) is 11.9 Å². The average molecular weight is 278 g/mol. The van der Waals surface area contributed by atoms with Crippen LogP contribution in [0.2, 0.25) is 0 Å². The van der Waals surface area contributed by atoms with Crippen molar-refractivity contribution >= 4 is 11.9 Å². The van der Waals surface area contributed by atoms with Crippen molar-refractivity contribution in [2.45, 2.75) is 26.2 Å². The molecule has 1 N–H and O–H groups in total. The molecular formula is C15H22N2O3. The minimum atomic E-state index is -0.264. The summed E-state index contributed by atoms with van der Waals surface area (Å²) in [6.45, 7) is 2.78. The van der Waals surface area contributed by atoms with Crippen LogP contribution in [0.5, 0.6) is 5.75 Å². The molecule has 0 saturated heterocycles. The number of benzene rings is 1. The first-order valence-corrected chi connectivity index (χ1v) is 6.75. The van der Waals surface area contributed by atoms with E-state index in [1.807, 2.05) is 0 Å². The summed E-state index contributed by atoms with van der Waals surface area (Å²) >= 11 is 0. The first-order chi connectivity index (χ1) is 9.71. The number of amidine groups is 1. The Morgan fingerprint density at radius 1 is 1.30 bits per heavy atom. The van der Waals surface area contributed by atoms with E-state index in [0.29, 0.717) is 17.9 Å². The molecule has 20 heavy (non-hydrogen) atoms. The molecular weight excluding hydrogens is 256 g/mol. The number of nitrogens with zero attached hydrogens (tertiary/aromatic N) is 1. The minimum absolute atomic E-state index is 0.244. The summed E-state index contributed by atoms with van der Waals surface area (Å²) in [4.78, 5) is 16.3. The highest BCUT2D eigenvalue weighted by molar-refractivity contribution is 6.04. The number of unbranched alkanes of at least 4 members (excludes halogenated alkanes) is 2. The first-order valence-electron chi connectivity index (χ1n) is 6.75. The van der Waals surface area contributed by atoms with Gasteiger partial charge in [-0.05, 0) is 24.6 Å². The Morgan fingerprint density at radius 2 is 2.10 bits per heavy atom. The van der Waals surface area contributed by atoms with E-state index in [1.165, 1.54) is 7.11 Å². The average Bonchev–Trinajstić information content (AvgIpc) is 2.50. The van der Waals surface area contributed by atoms with Crippen LogP contribution in [0.15, 0.2) is 29.3 Å². The molecule has 0 unspecified atom stereocenters. The van der Waals surface area contributed by atoms with Crippen molar-refractivity contribution in [1.29, 1.82) is 0 Å². The van der Waals surface area contributed by atoms with Crippen molar-refractivity contribution in [2.24, 2.45) is 4.99 Å². The number of nitrogens with one attached hydrogen (secondary N) is 1. The van der Waals surface area contributed by atoms with Crippen molar-refractivity contribution in [1.82, 2.24) is 5.32 Å². The third kappa shape index (κ3) is 5.30. The molecule has 0 heterocycles. The van der Waals surface area contributed by atoms with Gasteiger partial charge < -0.3 is 9.47 Å². The quantitative estimate of drug-likeness (QED) is 0.494. The number of amides is 1. The van der Waals surface area contributed by atoms with Crippen LogP contribution in [0.3, 0.4) is 0 Å². The van der Waals surface area contributed by atoms with Crippen LogP contribution in [0.25, 0.3) is 0 Å². The summed E-state index contributed by atoms with van der Waals surface area (Å²) in [5.41, 5.74) is 0.502. The fraction of sp³-hybridized carbons (Fsp3) is 0.467. The molecule has 0 aliphatic heterocycles. The zero-order valence-electron chi connectivity index (χ0n) is 12.3. The lowest BCUT2D eigenvalue weighted by Gasteiger charge is -2.08. The molecule has 110 valence electrons. The molecule has 0 radical (unpaired) electrons. The Hall–Kier alpha value is -2.04. The van der Waals surface area contributed by atoms with Crippen LogP contribution in [-0.2, 0) is 4.74 Å². The molecule has 0 bridgehead atoms. The fourth-order valence-electron chi connectivity index (χ4n) is 1.63. The van der Waals surface area contributed by atoms with Gasteiger partial charge in [0.15, 0.2) is 0 Å². The van der Waals surface area contributed by atoms with Gasteiger partial charge in [-0.15, -0.1) is 0 Å². The maximum atomic E-state index is 12.0. The topological polar surface area (TPSA) is 59.9 Å². The summed E-state index contributed by atoms with van der Waals surface area (Å²) in [5, 5.41) is 2.64. The van der Waals surface area contributed by atoms with E-state index >= 15 is 0 Å².